The van der Waals surface area contributed by atoms with Gasteiger partial charge in [0.1, 0.15) is 5.01 Å². The van der Waals surface area contributed by atoms with E-state index in [-0.39, 0.29) is 15.8 Å². The van der Waals surface area contributed by atoms with Crippen LogP contribution in [-0.2, 0) is 11.0 Å². The van der Waals surface area contributed by atoms with Gasteiger partial charge in [-0.25, -0.2) is 4.98 Å². The third-order valence-electron chi connectivity index (χ3n) is 3.85. The van der Waals surface area contributed by atoms with Crippen LogP contribution in [0, 0.1) is 0 Å². The van der Waals surface area contributed by atoms with E-state index in [4.69, 9.17) is 11.6 Å². The molecule has 8 heteroatoms. The van der Waals surface area contributed by atoms with Gasteiger partial charge in [0.05, 0.1) is 5.92 Å². The SMILES string of the molecule is CCN(CC)C(=O)C(C)c1sc(-c2ccc(Cl)cc2)nc1C(F)(F)F. The Kier molecular flexibility index (Phi) is 6.11. The van der Waals surface area contributed by atoms with Crippen molar-refractivity contribution in [2.24, 2.45) is 0 Å². The summed E-state index contributed by atoms with van der Waals surface area (Å²) in [6.07, 6.45) is -4.62. The first-order valence-corrected chi connectivity index (χ1v) is 9.01. The first-order valence-electron chi connectivity index (χ1n) is 7.81. The summed E-state index contributed by atoms with van der Waals surface area (Å²) in [5.74, 6) is -1.24. The van der Waals surface area contributed by atoms with Gasteiger partial charge in [0.25, 0.3) is 0 Å². The Morgan fingerprint density at radius 3 is 2.28 bits per heavy atom. The van der Waals surface area contributed by atoms with Gasteiger partial charge in [0, 0.05) is 28.6 Å². The van der Waals surface area contributed by atoms with Crippen LogP contribution in [0.2, 0.25) is 5.02 Å². The van der Waals surface area contributed by atoms with Crippen molar-refractivity contribution in [3.8, 4) is 10.6 Å². The van der Waals surface area contributed by atoms with Crippen LogP contribution in [0.25, 0.3) is 10.6 Å². The Labute approximate surface area is 153 Å². The standard InChI is InChI=1S/C17H18ClF3N2OS/c1-4-23(5-2)16(24)10(3)13-14(17(19,20)21)22-15(25-13)11-6-8-12(18)9-7-11/h6-10H,4-5H2,1-3H3. The van der Waals surface area contributed by atoms with Crippen LogP contribution in [0.5, 0.6) is 0 Å². The van der Waals surface area contributed by atoms with E-state index < -0.39 is 17.8 Å². The van der Waals surface area contributed by atoms with Crippen LogP contribution in [0.4, 0.5) is 13.2 Å². The highest BCUT2D eigenvalue weighted by atomic mass is 35.5. The number of aromatic nitrogens is 1. The highest BCUT2D eigenvalue weighted by Crippen LogP contribution is 2.41. The summed E-state index contributed by atoms with van der Waals surface area (Å²) in [6, 6.07) is 6.41. The predicted octanol–water partition coefficient (Wildman–Crippen LogP) is 5.45. The molecule has 0 aliphatic carbocycles. The molecule has 25 heavy (non-hydrogen) atoms. The molecule has 1 heterocycles. The maximum Gasteiger partial charge on any atom is 0.434 e. The number of rotatable bonds is 5. The number of nitrogens with zero attached hydrogens (tertiary/aromatic N) is 2. The number of hydrogen-bond acceptors (Lipinski definition) is 3. The largest absolute Gasteiger partial charge is 0.434 e. The van der Waals surface area contributed by atoms with Crippen molar-refractivity contribution >= 4 is 28.8 Å². The topological polar surface area (TPSA) is 33.2 Å². The molecule has 0 saturated carbocycles. The van der Waals surface area contributed by atoms with Crippen LogP contribution in [0.15, 0.2) is 24.3 Å². The number of carbonyl (C=O) groups excluding carboxylic acids is 1. The normalized spacial score (nSPS) is 12.9. The highest BCUT2D eigenvalue weighted by Gasteiger charge is 2.40. The van der Waals surface area contributed by atoms with Crippen LogP contribution in [0.1, 0.15) is 37.3 Å². The number of likely N-dealkylation sites (N-methyl/N-ethyl adjacent to an activating group) is 1. The molecule has 0 N–H and O–H groups in total. The molecular weight excluding hydrogens is 373 g/mol. The number of amides is 1. The second-order valence-corrected chi connectivity index (χ2v) is 6.94. The number of carbonyl (C=O) groups is 1. The summed E-state index contributed by atoms with van der Waals surface area (Å²) >= 11 is 6.72. The van der Waals surface area contributed by atoms with E-state index >= 15 is 0 Å². The number of hydrogen-bond donors (Lipinski definition) is 0. The van der Waals surface area contributed by atoms with Crippen molar-refractivity contribution in [1.82, 2.24) is 9.88 Å². The third kappa shape index (κ3) is 4.33. The van der Waals surface area contributed by atoms with Crippen LogP contribution >= 0.6 is 22.9 Å². The second kappa shape index (κ2) is 7.74. The van der Waals surface area contributed by atoms with E-state index in [0.717, 1.165) is 11.3 Å². The van der Waals surface area contributed by atoms with Gasteiger partial charge in [-0.2, -0.15) is 13.2 Å². The van der Waals surface area contributed by atoms with Crippen molar-refractivity contribution in [3.05, 3.63) is 39.9 Å². The number of benzene rings is 1. The minimum atomic E-state index is -4.62. The number of halogens is 4. The first-order chi connectivity index (χ1) is 11.7. The molecular formula is C17H18ClF3N2OS. The monoisotopic (exact) mass is 390 g/mol. The molecule has 0 aliphatic heterocycles. The van der Waals surface area contributed by atoms with E-state index in [2.05, 4.69) is 4.98 Å². The Bertz CT molecular complexity index is 739. The maximum atomic E-state index is 13.4. The predicted molar refractivity (Wildman–Crippen MR) is 93.9 cm³/mol. The van der Waals surface area contributed by atoms with Crippen molar-refractivity contribution in [2.75, 3.05) is 13.1 Å². The molecule has 1 aromatic carbocycles. The van der Waals surface area contributed by atoms with E-state index in [0.29, 0.717) is 23.7 Å². The summed E-state index contributed by atoms with van der Waals surface area (Å²) in [5.41, 5.74) is -0.455. The minimum absolute atomic E-state index is 0.0608. The molecule has 0 spiro atoms. The fourth-order valence-corrected chi connectivity index (χ4v) is 3.73. The Balaban J connectivity index is 2.49. The number of thiazole rings is 1. The van der Waals surface area contributed by atoms with Crippen LogP contribution in [0.3, 0.4) is 0 Å². The van der Waals surface area contributed by atoms with Crippen molar-refractivity contribution in [2.45, 2.75) is 32.9 Å². The summed E-state index contributed by atoms with van der Waals surface area (Å²) in [4.78, 5) is 17.7. The zero-order valence-corrected chi connectivity index (χ0v) is 15.6. The Hall–Kier alpha value is -1.60. The fourth-order valence-electron chi connectivity index (χ4n) is 2.47. The molecule has 0 aliphatic rings. The van der Waals surface area contributed by atoms with Crippen molar-refractivity contribution in [3.63, 3.8) is 0 Å². The molecule has 1 amide bonds. The molecule has 3 nitrogen and oxygen atoms in total. The maximum absolute atomic E-state index is 13.4. The lowest BCUT2D eigenvalue weighted by molar-refractivity contribution is -0.142. The third-order valence-corrected chi connectivity index (χ3v) is 5.39. The quantitative estimate of drug-likeness (QED) is 0.679. The van der Waals surface area contributed by atoms with Gasteiger partial charge in [0.15, 0.2) is 5.69 Å². The lowest BCUT2D eigenvalue weighted by atomic mass is 10.1. The van der Waals surface area contributed by atoms with E-state index in [1.807, 2.05) is 0 Å². The molecule has 1 atom stereocenters. The lowest BCUT2D eigenvalue weighted by Gasteiger charge is -2.22. The molecule has 0 saturated heterocycles. The zero-order chi connectivity index (χ0) is 18.8. The van der Waals surface area contributed by atoms with E-state index in [1.165, 1.54) is 11.8 Å². The average molecular weight is 391 g/mol. The van der Waals surface area contributed by atoms with Gasteiger partial charge in [0.2, 0.25) is 5.91 Å². The smallest absolute Gasteiger partial charge is 0.343 e. The van der Waals surface area contributed by atoms with E-state index in [1.54, 1.807) is 38.1 Å². The van der Waals surface area contributed by atoms with Gasteiger partial charge in [-0.3, -0.25) is 4.79 Å². The van der Waals surface area contributed by atoms with Gasteiger partial charge in [-0.15, -0.1) is 11.3 Å². The molecule has 0 radical (unpaired) electrons. The van der Waals surface area contributed by atoms with Crippen LogP contribution < -0.4 is 0 Å². The fraction of sp³-hybridized carbons (Fsp3) is 0.412. The lowest BCUT2D eigenvalue weighted by Crippen LogP contribution is -2.34. The summed E-state index contributed by atoms with van der Waals surface area (Å²) in [6.45, 7) is 5.98. The van der Waals surface area contributed by atoms with Gasteiger partial charge < -0.3 is 4.90 Å². The minimum Gasteiger partial charge on any atom is -0.343 e. The molecule has 0 bridgehead atoms. The molecule has 136 valence electrons. The molecule has 2 aromatic rings. The highest BCUT2D eigenvalue weighted by molar-refractivity contribution is 7.15. The molecule has 0 fully saturated rings. The van der Waals surface area contributed by atoms with E-state index in [9.17, 15) is 18.0 Å². The molecule has 2 rings (SSSR count). The van der Waals surface area contributed by atoms with Gasteiger partial charge in [-0.05, 0) is 32.9 Å². The Morgan fingerprint density at radius 1 is 1.24 bits per heavy atom. The van der Waals surface area contributed by atoms with Crippen molar-refractivity contribution < 1.29 is 18.0 Å². The Morgan fingerprint density at radius 2 is 1.80 bits per heavy atom. The van der Waals surface area contributed by atoms with Crippen molar-refractivity contribution in [1.29, 1.82) is 0 Å². The molecule has 1 aromatic heterocycles. The van der Waals surface area contributed by atoms with Crippen LogP contribution in [-0.4, -0.2) is 28.9 Å². The zero-order valence-electron chi connectivity index (χ0n) is 14.0. The molecule has 1 unspecified atom stereocenters. The summed E-state index contributed by atoms with van der Waals surface area (Å²) < 4.78 is 40.3. The second-order valence-electron chi connectivity index (χ2n) is 5.47. The van der Waals surface area contributed by atoms with Gasteiger partial charge >= 0.3 is 6.18 Å². The number of alkyl halides is 3. The average Bonchev–Trinajstić information content (AvgIpc) is 3.01. The summed E-state index contributed by atoms with van der Waals surface area (Å²) in [7, 11) is 0. The van der Waals surface area contributed by atoms with Gasteiger partial charge in [-0.1, -0.05) is 23.7 Å². The summed E-state index contributed by atoms with van der Waals surface area (Å²) in [5, 5.41) is 0.708. The first kappa shape index (κ1) is 19.7.